The molecule has 1 fully saturated rings. The Kier molecular flexibility index (Phi) is 7.12. The third-order valence-electron chi connectivity index (χ3n) is 4.16. The number of benzene rings is 1. The second-order valence-corrected chi connectivity index (χ2v) is 7.19. The monoisotopic (exact) mass is 335 g/mol. The van der Waals surface area contributed by atoms with Crippen molar-refractivity contribution in [3.05, 3.63) is 29.8 Å². The van der Waals surface area contributed by atoms with Gasteiger partial charge in [0.2, 0.25) is 0 Å². The van der Waals surface area contributed by atoms with Gasteiger partial charge in [-0.25, -0.2) is 0 Å². The first kappa shape index (κ1) is 18.0. The average Bonchev–Trinajstić information content (AvgIpc) is 2.58. The van der Waals surface area contributed by atoms with E-state index in [2.05, 4.69) is 11.8 Å². The highest BCUT2D eigenvalue weighted by Crippen LogP contribution is 2.20. The number of carbonyl (C=O) groups excluding carboxylic acids is 1. The average molecular weight is 335 g/mol. The number of carbonyl (C=O) groups is 2. The number of carboxylic acid groups (broad SMARTS) is 1. The quantitative estimate of drug-likeness (QED) is 0.581. The van der Waals surface area contributed by atoms with E-state index in [0.717, 1.165) is 37.1 Å². The van der Waals surface area contributed by atoms with Crippen molar-refractivity contribution in [2.45, 2.75) is 37.5 Å². The summed E-state index contributed by atoms with van der Waals surface area (Å²) in [5, 5.41) is 9.10. The molecule has 23 heavy (non-hydrogen) atoms. The topological polar surface area (TPSA) is 57.6 Å². The lowest BCUT2D eigenvalue weighted by Gasteiger charge is -2.30. The van der Waals surface area contributed by atoms with Gasteiger partial charge in [-0.1, -0.05) is 19.1 Å². The number of aliphatic carboxylic acids is 1. The van der Waals surface area contributed by atoms with Gasteiger partial charge in [0.15, 0.2) is 5.78 Å². The van der Waals surface area contributed by atoms with Gasteiger partial charge in [-0.05, 0) is 43.7 Å². The zero-order valence-electron chi connectivity index (χ0n) is 13.7. The van der Waals surface area contributed by atoms with Crippen molar-refractivity contribution >= 4 is 23.5 Å². The lowest BCUT2D eigenvalue weighted by atomic mass is 9.98. The minimum atomic E-state index is -0.721. The van der Waals surface area contributed by atoms with E-state index >= 15 is 0 Å². The van der Waals surface area contributed by atoms with Crippen molar-refractivity contribution in [2.24, 2.45) is 5.92 Å². The molecular weight excluding hydrogens is 310 g/mol. The molecule has 0 aliphatic carbocycles. The standard InChI is InChI=1S/C18H25NO3S/c1-2-12-23-16-7-5-14(6-8-16)17(20)9-11-19-10-3-4-15(13-19)18(21)22/h5-8,15H,2-4,9-13H2,1H3,(H,21,22). The molecule has 0 bridgehead atoms. The fraction of sp³-hybridized carbons (Fsp3) is 0.556. The molecule has 0 amide bonds. The van der Waals surface area contributed by atoms with E-state index in [0.29, 0.717) is 19.5 Å². The Bertz CT molecular complexity index is 530. The number of Topliss-reactive ketones (excluding diaryl/α,β-unsaturated/α-hetero) is 1. The molecule has 1 aromatic carbocycles. The Morgan fingerprint density at radius 3 is 2.70 bits per heavy atom. The Labute approximate surface area is 142 Å². The summed E-state index contributed by atoms with van der Waals surface area (Å²) < 4.78 is 0. The predicted molar refractivity (Wildman–Crippen MR) is 93.2 cm³/mol. The number of nitrogens with zero attached hydrogens (tertiary/aromatic N) is 1. The summed E-state index contributed by atoms with van der Waals surface area (Å²) in [6, 6.07) is 7.82. The lowest BCUT2D eigenvalue weighted by molar-refractivity contribution is -0.143. The molecule has 0 spiro atoms. The van der Waals surface area contributed by atoms with Crippen LogP contribution in [-0.4, -0.2) is 47.1 Å². The highest BCUT2D eigenvalue weighted by Gasteiger charge is 2.25. The second kappa shape index (κ2) is 9.08. The van der Waals surface area contributed by atoms with Crippen LogP contribution in [0.2, 0.25) is 0 Å². The molecule has 5 heteroatoms. The lowest BCUT2D eigenvalue weighted by Crippen LogP contribution is -2.39. The van der Waals surface area contributed by atoms with Crippen LogP contribution < -0.4 is 0 Å². The number of thioether (sulfide) groups is 1. The van der Waals surface area contributed by atoms with Crippen LogP contribution in [0.3, 0.4) is 0 Å². The smallest absolute Gasteiger partial charge is 0.307 e. The zero-order valence-corrected chi connectivity index (χ0v) is 14.5. The number of hydrogen-bond acceptors (Lipinski definition) is 4. The van der Waals surface area contributed by atoms with Crippen LogP contribution in [0.4, 0.5) is 0 Å². The molecule has 1 heterocycles. The Hall–Kier alpha value is -1.33. The van der Waals surface area contributed by atoms with Gasteiger partial charge >= 0.3 is 5.97 Å². The van der Waals surface area contributed by atoms with Gasteiger partial charge in [-0.3, -0.25) is 9.59 Å². The van der Waals surface area contributed by atoms with Gasteiger partial charge in [-0.2, -0.15) is 0 Å². The van der Waals surface area contributed by atoms with Crippen molar-refractivity contribution in [3.63, 3.8) is 0 Å². The Morgan fingerprint density at radius 1 is 1.30 bits per heavy atom. The maximum absolute atomic E-state index is 12.3. The number of rotatable bonds is 8. The first-order valence-electron chi connectivity index (χ1n) is 8.31. The normalized spacial score (nSPS) is 18.7. The van der Waals surface area contributed by atoms with E-state index in [1.807, 2.05) is 24.3 Å². The number of hydrogen-bond donors (Lipinski definition) is 1. The SMILES string of the molecule is CCCSc1ccc(C(=O)CCN2CCCC(C(=O)O)C2)cc1. The first-order valence-corrected chi connectivity index (χ1v) is 9.30. The molecule has 2 rings (SSSR count). The summed E-state index contributed by atoms with van der Waals surface area (Å²) in [4.78, 5) is 26.6. The molecule has 1 atom stereocenters. The molecule has 0 saturated carbocycles. The molecule has 4 nitrogen and oxygen atoms in total. The molecule has 1 aromatic rings. The van der Waals surface area contributed by atoms with E-state index in [1.165, 1.54) is 4.90 Å². The van der Waals surface area contributed by atoms with E-state index in [4.69, 9.17) is 5.11 Å². The molecule has 1 aliphatic rings. The van der Waals surface area contributed by atoms with Crippen LogP contribution >= 0.6 is 11.8 Å². The van der Waals surface area contributed by atoms with Gasteiger partial charge in [0.05, 0.1) is 5.92 Å². The summed E-state index contributed by atoms with van der Waals surface area (Å²) in [6.07, 6.45) is 3.23. The third kappa shape index (κ3) is 5.66. The summed E-state index contributed by atoms with van der Waals surface area (Å²) in [5.74, 6) is 0.219. The second-order valence-electron chi connectivity index (χ2n) is 6.02. The molecular formula is C18H25NO3S. The van der Waals surface area contributed by atoms with Crippen molar-refractivity contribution in [1.29, 1.82) is 0 Å². The van der Waals surface area contributed by atoms with Crippen molar-refractivity contribution < 1.29 is 14.7 Å². The molecule has 1 N–H and O–H groups in total. The van der Waals surface area contributed by atoms with Crippen LogP contribution in [0.15, 0.2) is 29.2 Å². The number of likely N-dealkylation sites (tertiary alicyclic amines) is 1. The van der Waals surface area contributed by atoms with E-state index in [-0.39, 0.29) is 11.7 Å². The maximum Gasteiger partial charge on any atom is 0.307 e. The van der Waals surface area contributed by atoms with E-state index in [1.54, 1.807) is 11.8 Å². The Morgan fingerprint density at radius 2 is 2.04 bits per heavy atom. The molecule has 126 valence electrons. The van der Waals surface area contributed by atoms with E-state index < -0.39 is 5.97 Å². The Balaban J connectivity index is 1.81. The summed E-state index contributed by atoms with van der Waals surface area (Å²) in [7, 11) is 0. The fourth-order valence-electron chi connectivity index (χ4n) is 2.82. The maximum atomic E-state index is 12.3. The van der Waals surface area contributed by atoms with Gasteiger partial charge in [-0.15, -0.1) is 11.8 Å². The largest absolute Gasteiger partial charge is 0.481 e. The minimum Gasteiger partial charge on any atom is -0.481 e. The van der Waals surface area contributed by atoms with Crippen LogP contribution in [0.25, 0.3) is 0 Å². The van der Waals surface area contributed by atoms with Crippen LogP contribution in [0.5, 0.6) is 0 Å². The zero-order chi connectivity index (χ0) is 16.7. The predicted octanol–water partition coefficient (Wildman–Crippen LogP) is 3.56. The van der Waals surface area contributed by atoms with Crippen LogP contribution in [0.1, 0.15) is 43.0 Å². The summed E-state index contributed by atoms with van der Waals surface area (Å²) >= 11 is 1.80. The van der Waals surface area contributed by atoms with Crippen LogP contribution in [-0.2, 0) is 4.79 Å². The summed E-state index contributed by atoms with van der Waals surface area (Å²) in [6.45, 7) is 4.26. The van der Waals surface area contributed by atoms with Gasteiger partial charge in [0, 0.05) is 30.0 Å². The molecule has 1 unspecified atom stereocenters. The molecule has 1 aliphatic heterocycles. The van der Waals surface area contributed by atoms with E-state index in [9.17, 15) is 9.59 Å². The number of piperidine rings is 1. The summed E-state index contributed by atoms with van der Waals surface area (Å²) in [5.41, 5.74) is 0.748. The molecule has 1 saturated heterocycles. The van der Waals surface area contributed by atoms with Crippen molar-refractivity contribution in [2.75, 3.05) is 25.4 Å². The van der Waals surface area contributed by atoms with Gasteiger partial charge < -0.3 is 10.0 Å². The van der Waals surface area contributed by atoms with Crippen LogP contribution in [0, 0.1) is 5.92 Å². The molecule has 0 aromatic heterocycles. The minimum absolute atomic E-state index is 0.134. The number of ketones is 1. The van der Waals surface area contributed by atoms with Crippen molar-refractivity contribution in [3.8, 4) is 0 Å². The van der Waals surface area contributed by atoms with Gasteiger partial charge in [0.25, 0.3) is 0 Å². The first-order chi connectivity index (χ1) is 11.1. The fourth-order valence-corrected chi connectivity index (χ4v) is 3.59. The van der Waals surface area contributed by atoms with Crippen molar-refractivity contribution in [1.82, 2.24) is 4.90 Å². The van der Waals surface area contributed by atoms with Gasteiger partial charge in [0.1, 0.15) is 0 Å². The highest BCUT2D eigenvalue weighted by atomic mass is 32.2. The number of carboxylic acids is 1. The highest BCUT2D eigenvalue weighted by molar-refractivity contribution is 7.99. The third-order valence-corrected chi connectivity index (χ3v) is 5.38. The molecule has 0 radical (unpaired) electrons.